The zero-order valence-corrected chi connectivity index (χ0v) is 14.6. The number of carbonyl (C=O) groups is 2. The smallest absolute Gasteiger partial charge is 0.223 e. The maximum absolute atomic E-state index is 13.5. The van der Waals surface area contributed by atoms with E-state index in [0.717, 1.165) is 6.42 Å². The largest absolute Gasteiger partial charge is 0.356 e. The maximum atomic E-state index is 13.5. The van der Waals surface area contributed by atoms with Gasteiger partial charge in [0, 0.05) is 13.1 Å². The third kappa shape index (κ3) is 4.91. The second-order valence-electron chi connectivity index (χ2n) is 6.61. The van der Waals surface area contributed by atoms with E-state index in [1.54, 1.807) is 18.2 Å². The molecule has 1 saturated carbocycles. The fraction of sp³-hybridized carbons (Fsp3) is 0.333. The van der Waals surface area contributed by atoms with Crippen LogP contribution in [0.1, 0.15) is 17.5 Å². The van der Waals surface area contributed by atoms with Crippen LogP contribution in [0.5, 0.6) is 0 Å². The van der Waals surface area contributed by atoms with Crippen molar-refractivity contribution < 1.29 is 14.0 Å². The lowest BCUT2D eigenvalue weighted by Crippen LogP contribution is -2.32. The van der Waals surface area contributed by atoms with Crippen molar-refractivity contribution in [3.05, 3.63) is 71.5 Å². The fourth-order valence-electron chi connectivity index (χ4n) is 3.03. The van der Waals surface area contributed by atoms with Crippen LogP contribution >= 0.6 is 0 Å². The Balaban J connectivity index is 1.34. The zero-order chi connectivity index (χ0) is 18.4. The monoisotopic (exact) mass is 354 g/mol. The van der Waals surface area contributed by atoms with Crippen molar-refractivity contribution in [2.75, 3.05) is 13.1 Å². The Morgan fingerprint density at radius 1 is 0.846 bits per heavy atom. The zero-order valence-electron chi connectivity index (χ0n) is 14.6. The summed E-state index contributed by atoms with van der Waals surface area (Å²) in [5.41, 5.74) is 1.75. The van der Waals surface area contributed by atoms with Gasteiger partial charge in [0.25, 0.3) is 0 Å². The normalized spacial score (nSPS) is 18.2. The number of benzene rings is 2. The van der Waals surface area contributed by atoms with Gasteiger partial charge in [0.15, 0.2) is 0 Å². The molecule has 1 aliphatic carbocycles. The minimum absolute atomic E-state index is 0.0600. The molecule has 2 amide bonds. The van der Waals surface area contributed by atoms with Gasteiger partial charge < -0.3 is 10.6 Å². The van der Waals surface area contributed by atoms with Crippen molar-refractivity contribution in [3.63, 3.8) is 0 Å². The predicted molar refractivity (Wildman–Crippen MR) is 97.9 cm³/mol. The van der Waals surface area contributed by atoms with Gasteiger partial charge in [-0.15, -0.1) is 0 Å². The van der Waals surface area contributed by atoms with E-state index in [1.807, 2.05) is 30.3 Å². The molecule has 26 heavy (non-hydrogen) atoms. The number of hydrogen-bond acceptors (Lipinski definition) is 2. The van der Waals surface area contributed by atoms with E-state index in [0.29, 0.717) is 31.5 Å². The van der Waals surface area contributed by atoms with Gasteiger partial charge >= 0.3 is 0 Å². The first-order valence-electron chi connectivity index (χ1n) is 8.98. The summed E-state index contributed by atoms with van der Waals surface area (Å²) in [6, 6.07) is 16.5. The van der Waals surface area contributed by atoms with Crippen LogP contribution in [0.3, 0.4) is 0 Å². The highest BCUT2D eigenvalue weighted by Crippen LogP contribution is 2.38. The van der Waals surface area contributed by atoms with Crippen molar-refractivity contribution in [1.29, 1.82) is 0 Å². The van der Waals surface area contributed by atoms with Crippen LogP contribution in [0.15, 0.2) is 54.6 Å². The van der Waals surface area contributed by atoms with Gasteiger partial charge in [0.1, 0.15) is 5.82 Å². The highest BCUT2D eigenvalue weighted by atomic mass is 19.1. The molecule has 0 aliphatic heterocycles. The average molecular weight is 354 g/mol. The number of carbonyl (C=O) groups excluding carboxylic acids is 2. The maximum Gasteiger partial charge on any atom is 0.223 e. The van der Waals surface area contributed by atoms with Crippen LogP contribution in [0.4, 0.5) is 4.39 Å². The lowest BCUT2D eigenvalue weighted by atomic mass is 10.1. The van der Waals surface area contributed by atoms with Gasteiger partial charge in [-0.25, -0.2) is 4.39 Å². The molecule has 1 aliphatic rings. The summed E-state index contributed by atoms with van der Waals surface area (Å²) in [6.45, 7) is 0.944. The summed E-state index contributed by atoms with van der Waals surface area (Å²) in [7, 11) is 0. The molecule has 3 rings (SSSR count). The molecule has 0 radical (unpaired) electrons. The molecular formula is C21H23FN2O2. The van der Waals surface area contributed by atoms with Crippen molar-refractivity contribution in [3.8, 4) is 0 Å². The molecule has 0 heterocycles. The summed E-state index contributed by atoms with van der Waals surface area (Å²) < 4.78 is 13.5. The van der Waals surface area contributed by atoms with E-state index < -0.39 is 0 Å². The molecule has 2 aromatic carbocycles. The number of rotatable bonds is 8. The molecule has 136 valence electrons. The highest BCUT2D eigenvalue weighted by Gasteiger charge is 2.47. The molecule has 0 spiro atoms. The second-order valence-corrected chi connectivity index (χ2v) is 6.61. The van der Waals surface area contributed by atoms with Crippen LogP contribution < -0.4 is 10.6 Å². The van der Waals surface area contributed by atoms with E-state index >= 15 is 0 Å². The molecule has 2 N–H and O–H groups in total. The van der Waals surface area contributed by atoms with Gasteiger partial charge in [-0.3, -0.25) is 9.59 Å². The Morgan fingerprint density at radius 2 is 1.42 bits per heavy atom. The van der Waals surface area contributed by atoms with Crippen LogP contribution in [0, 0.1) is 17.7 Å². The second kappa shape index (κ2) is 8.61. The number of amides is 2. The SMILES string of the molecule is O=C(NCCc1ccccc1)C1CC1C(=O)NCCc1ccccc1F. The molecular weight excluding hydrogens is 331 g/mol. The molecule has 5 heteroatoms. The number of hydrogen-bond donors (Lipinski definition) is 2. The molecule has 1 fully saturated rings. The van der Waals surface area contributed by atoms with Crippen LogP contribution in [0.25, 0.3) is 0 Å². The average Bonchev–Trinajstić information content (AvgIpc) is 3.45. The van der Waals surface area contributed by atoms with Crippen molar-refractivity contribution in [2.45, 2.75) is 19.3 Å². The Hall–Kier alpha value is -2.69. The fourth-order valence-corrected chi connectivity index (χ4v) is 3.03. The molecule has 2 atom stereocenters. The molecule has 4 nitrogen and oxygen atoms in total. The summed E-state index contributed by atoms with van der Waals surface area (Å²) >= 11 is 0. The minimum Gasteiger partial charge on any atom is -0.356 e. The summed E-state index contributed by atoms with van der Waals surface area (Å²) in [6.07, 6.45) is 1.81. The standard InChI is InChI=1S/C21H23FN2O2/c22-19-9-5-4-8-16(19)11-13-24-21(26)18-14-17(18)20(25)23-12-10-15-6-2-1-3-7-15/h1-9,17-18H,10-14H2,(H,23,25)(H,24,26). The summed E-state index contributed by atoms with van der Waals surface area (Å²) in [4.78, 5) is 24.2. The van der Waals surface area contributed by atoms with Gasteiger partial charge in [0.05, 0.1) is 11.8 Å². The Kier molecular flexibility index (Phi) is 6.00. The Morgan fingerprint density at radius 3 is 2.08 bits per heavy atom. The number of nitrogens with one attached hydrogen (secondary N) is 2. The molecule has 0 bridgehead atoms. The van der Waals surface area contributed by atoms with E-state index in [9.17, 15) is 14.0 Å². The first-order valence-corrected chi connectivity index (χ1v) is 8.98. The van der Waals surface area contributed by atoms with E-state index in [-0.39, 0.29) is 29.5 Å². The minimum atomic E-state index is -0.260. The number of halogens is 1. The van der Waals surface area contributed by atoms with E-state index in [1.165, 1.54) is 11.6 Å². The molecule has 2 unspecified atom stereocenters. The lowest BCUT2D eigenvalue weighted by Gasteiger charge is -2.07. The third-order valence-electron chi connectivity index (χ3n) is 4.67. The van der Waals surface area contributed by atoms with Gasteiger partial charge in [-0.05, 0) is 36.5 Å². The molecule has 0 aromatic heterocycles. The van der Waals surface area contributed by atoms with Crippen molar-refractivity contribution in [2.24, 2.45) is 11.8 Å². The van der Waals surface area contributed by atoms with Crippen molar-refractivity contribution >= 4 is 11.8 Å². The third-order valence-corrected chi connectivity index (χ3v) is 4.67. The molecule has 2 aromatic rings. The molecule has 0 saturated heterocycles. The van der Waals surface area contributed by atoms with Gasteiger partial charge in [-0.2, -0.15) is 0 Å². The quantitative estimate of drug-likeness (QED) is 0.765. The topological polar surface area (TPSA) is 58.2 Å². The summed E-state index contributed by atoms with van der Waals surface area (Å²) in [5.74, 6) is -0.935. The first kappa shape index (κ1) is 18.1. The lowest BCUT2D eigenvalue weighted by molar-refractivity contribution is -0.127. The van der Waals surface area contributed by atoms with Gasteiger partial charge in [0.2, 0.25) is 11.8 Å². The van der Waals surface area contributed by atoms with Crippen LogP contribution in [-0.2, 0) is 22.4 Å². The van der Waals surface area contributed by atoms with Crippen LogP contribution in [-0.4, -0.2) is 24.9 Å². The first-order chi connectivity index (χ1) is 12.6. The Labute approximate surface area is 152 Å². The van der Waals surface area contributed by atoms with Crippen molar-refractivity contribution in [1.82, 2.24) is 10.6 Å². The highest BCUT2D eigenvalue weighted by molar-refractivity contribution is 5.92. The summed E-state index contributed by atoms with van der Waals surface area (Å²) in [5, 5.41) is 5.70. The Bertz CT molecular complexity index is 764. The van der Waals surface area contributed by atoms with E-state index in [2.05, 4.69) is 10.6 Å². The van der Waals surface area contributed by atoms with Crippen LogP contribution in [0.2, 0.25) is 0 Å². The predicted octanol–water partition coefficient (Wildman–Crippen LogP) is 2.48. The van der Waals surface area contributed by atoms with E-state index in [4.69, 9.17) is 0 Å². The van der Waals surface area contributed by atoms with Gasteiger partial charge in [-0.1, -0.05) is 48.5 Å².